The topological polar surface area (TPSA) is 35.8 Å². The average Bonchev–Trinajstić information content (AvgIpc) is 2.48. The van der Waals surface area contributed by atoms with Gasteiger partial charge in [0.1, 0.15) is 0 Å². The molecule has 2 rings (SSSR count). The molecule has 20 heavy (non-hydrogen) atoms. The molecule has 0 amide bonds. The van der Waals surface area contributed by atoms with Crippen LogP contribution in [0.5, 0.6) is 0 Å². The molecule has 0 saturated carbocycles. The predicted molar refractivity (Wildman–Crippen MR) is 73.1 cm³/mol. The molecular weight excluding hydrogens is 258 g/mol. The van der Waals surface area contributed by atoms with Crippen molar-refractivity contribution in [3.8, 4) is 6.07 Å². The monoisotopic (exact) mass is 272 g/mol. The predicted octanol–water partition coefficient (Wildman–Crippen LogP) is 3.79. The number of hydrogen-bond donors (Lipinski definition) is 1. The molecule has 0 aliphatic carbocycles. The van der Waals surface area contributed by atoms with Gasteiger partial charge in [0.05, 0.1) is 11.6 Å². The van der Waals surface area contributed by atoms with E-state index in [9.17, 15) is 8.78 Å². The first-order valence-corrected chi connectivity index (χ1v) is 6.26. The van der Waals surface area contributed by atoms with Crippen LogP contribution in [-0.2, 0) is 13.1 Å². The van der Waals surface area contributed by atoms with Crippen LogP contribution in [0.1, 0.15) is 28.7 Å². The third kappa shape index (κ3) is 3.87. The van der Waals surface area contributed by atoms with Gasteiger partial charge < -0.3 is 5.32 Å². The van der Waals surface area contributed by atoms with Gasteiger partial charge in [0, 0.05) is 18.7 Å². The Labute approximate surface area is 116 Å². The maximum Gasteiger partial charge on any atom is 0.263 e. The van der Waals surface area contributed by atoms with E-state index in [1.54, 1.807) is 18.2 Å². The smallest absolute Gasteiger partial charge is 0.263 e. The second-order valence-electron chi connectivity index (χ2n) is 4.46. The lowest BCUT2D eigenvalue weighted by Gasteiger charge is -2.07. The first kappa shape index (κ1) is 14.2. The largest absolute Gasteiger partial charge is 0.309 e. The van der Waals surface area contributed by atoms with E-state index in [0.717, 1.165) is 11.1 Å². The molecule has 2 nitrogen and oxygen atoms in total. The molecule has 0 heterocycles. The van der Waals surface area contributed by atoms with E-state index < -0.39 is 6.43 Å². The maximum absolute atomic E-state index is 12.6. The van der Waals surface area contributed by atoms with Crippen molar-refractivity contribution >= 4 is 0 Å². The fourth-order valence-corrected chi connectivity index (χ4v) is 1.89. The van der Waals surface area contributed by atoms with Crippen molar-refractivity contribution in [2.75, 3.05) is 0 Å². The Hall–Kier alpha value is -2.25. The van der Waals surface area contributed by atoms with Gasteiger partial charge in [-0.25, -0.2) is 8.78 Å². The number of rotatable bonds is 5. The zero-order chi connectivity index (χ0) is 14.4. The molecule has 0 saturated heterocycles. The molecule has 102 valence electrons. The van der Waals surface area contributed by atoms with Crippen molar-refractivity contribution in [2.24, 2.45) is 0 Å². The molecule has 1 N–H and O–H groups in total. The van der Waals surface area contributed by atoms with Crippen LogP contribution >= 0.6 is 0 Å². The van der Waals surface area contributed by atoms with Crippen LogP contribution in [0.15, 0.2) is 48.5 Å². The Morgan fingerprint density at radius 1 is 1.00 bits per heavy atom. The lowest BCUT2D eigenvalue weighted by Crippen LogP contribution is -2.12. The van der Waals surface area contributed by atoms with Crippen molar-refractivity contribution in [1.29, 1.82) is 5.26 Å². The first-order chi connectivity index (χ1) is 9.69. The van der Waals surface area contributed by atoms with Crippen LogP contribution in [0, 0.1) is 11.3 Å². The summed E-state index contributed by atoms with van der Waals surface area (Å²) in [6.45, 7) is 1.16. The molecule has 0 radical (unpaired) electrons. The molecule has 0 fully saturated rings. The zero-order valence-corrected chi connectivity index (χ0v) is 10.8. The summed E-state index contributed by atoms with van der Waals surface area (Å²) in [6.07, 6.45) is -2.44. The molecule has 0 unspecified atom stereocenters. The normalized spacial score (nSPS) is 10.5. The highest BCUT2D eigenvalue weighted by Crippen LogP contribution is 2.19. The number of benzene rings is 2. The lowest BCUT2D eigenvalue weighted by molar-refractivity contribution is 0.151. The summed E-state index contributed by atoms with van der Waals surface area (Å²) >= 11 is 0. The van der Waals surface area contributed by atoms with Gasteiger partial charge in [0.2, 0.25) is 0 Å². The summed E-state index contributed by atoms with van der Waals surface area (Å²) in [5, 5.41) is 11.9. The number of nitriles is 1. The molecule has 0 bridgehead atoms. The molecular formula is C16H14F2N2. The van der Waals surface area contributed by atoms with Gasteiger partial charge in [-0.1, -0.05) is 30.3 Å². The third-order valence-corrected chi connectivity index (χ3v) is 2.94. The van der Waals surface area contributed by atoms with Crippen LogP contribution < -0.4 is 5.32 Å². The van der Waals surface area contributed by atoms with Gasteiger partial charge >= 0.3 is 0 Å². The van der Waals surface area contributed by atoms with E-state index in [2.05, 4.69) is 11.4 Å². The van der Waals surface area contributed by atoms with E-state index in [4.69, 9.17) is 5.26 Å². The molecule has 0 aliphatic heterocycles. The average molecular weight is 272 g/mol. The quantitative estimate of drug-likeness (QED) is 0.899. The van der Waals surface area contributed by atoms with Crippen LogP contribution in [0.25, 0.3) is 0 Å². The minimum atomic E-state index is -2.44. The summed E-state index contributed by atoms with van der Waals surface area (Å²) in [5.41, 5.74) is 2.55. The third-order valence-electron chi connectivity index (χ3n) is 2.94. The van der Waals surface area contributed by atoms with Crippen molar-refractivity contribution in [3.05, 3.63) is 70.8 Å². The van der Waals surface area contributed by atoms with Crippen molar-refractivity contribution in [2.45, 2.75) is 19.5 Å². The Morgan fingerprint density at radius 2 is 1.70 bits per heavy atom. The van der Waals surface area contributed by atoms with E-state index in [-0.39, 0.29) is 5.56 Å². The van der Waals surface area contributed by atoms with Gasteiger partial charge in [-0.2, -0.15) is 5.26 Å². The van der Waals surface area contributed by atoms with Crippen LogP contribution in [-0.4, -0.2) is 0 Å². The van der Waals surface area contributed by atoms with E-state index in [1.165, 1.54) is 12.1 Å². The van der Waals surface area contributed by atoms with E-state index >= 15 is 0 Å². The Balaban J connectivity index is 1.89. The van der Waals surface area contributed by atoms with Crippen LogP contribution in [0.4, 0.5) is 8.78 Å². The highest BCUT2D eigenvalue weighted by Gasteiger charge is 2.06. The standard InChI is InChI=1S/C16H14F2N2/c17-16(18)15-3-1-2-14(8-15)11-20-10-13-6-4-12(9-19)5-7-13/h1-8,16,20H,10-11H2. The summed E-state index contributed by atoms with van der Waals surface area (Å²) in [4.78, 5) is 0. The number of hydrogen-bond acceptors (Lipinski definition) is 2. The fraction of sp³-hybridized carbons (Fsp3) is 0.188. The number of nitrogens with zero attached hydrogens (tertiary/aromatic N) is 1. The summed E-state index contributed by atoms with van der Waals surface area (Å²) < 4.78 is 25.1. The van der Waals surface area contributed by atoms with Gasteiger partial charge in [-0.05, 0) is 29.3 Å². The Bertz CT molecular complexity index is 601. The second-order valence-corrected chi connectivity index (χ2v) is 4.46. The van der Waals surface area contributed by atoms with Gasteiger partial charge in [-0.3, -0.25) is 0 Å². The fourth-order valence-electron chi connectivity index (χ4n) is 1.89. The van der Waals surface area contributed by atoms with Gasteiger partial charge in [-0.15, -0.1) is 0 Å². The molecule has 0 aromatic heterocycles. The molecule has 4 heteroatoms. The molecule has 2 aromatic rings. The van der Waals surface area contributed by atoms with Gasteiger partial charge in [0.15, 0.2) is 0 Å². The molecule has 0 spiro atoms. The van der Waals surface area contributed by atoms with E-state index in [0.29, 0.717) is 18.7 Å². The Kier molecular flexibility index (Phi) is 4.80. The summed E-state index contributed by atoms with van der Waals surface area (Å²) in [7, 11) is 0. The lowest BCUT2D eigenvalue weighted by atomic mass is 10.1. The van der Waals surface area contributed by atoms with Crippen molar-refractivity contribution in [1.82, 2.24) is 5.32 Å². The molecule has 0 atom stereocenters. The highest BCUT2D eigenvalue weighted by molar-refractivity contribution is 5.31. The molecule has 2 aromatic carbocycles. The van der Waals surface area contributed by atoms with Crippen LogP contribution in [0.2, 0.25) is 0 Å². The minimum absolute atomic E-state index is 0.0441. The second kappa shape index (κ2) is 6.78. The molecule has 0 aliphatic rings. The number of alkyl halides is 2. The highest BCUT2D eigenvalue weighted by atomic mass is 19.3. The van der Waals surface area contributed by atoms with E-state index in [1.807, 2.05) is 18.2 Å². The van der Waals surface area contributed by atoms with Gasteiger partial charge in [0.25, 0.3) is 6.43 Å². The van der Waals surface area contributed by atoms with Crippen LogP contribution in [0.3, 0.4) is 0 Å². The van der Waals surface area contributed by atoms with Crippen molar-refractivity contribution < 1.29 is 8.78 Å². The Morgan fingerprint density at radius 3 is 2.35 bits per heavy atom. The number of halogens is 2. The minimum Gasteiger partial charge on any atom is -0.309 e. The SMILES string of the molecule is N#Cc1ccc(CNCc2cccc(C(F)F)c2)cc1. The summed E-state index contributed by atoms with van der Waals surface area (Å²) in [6, 6.07) is 15.7. The van der Waals surface area contributed by atoms with Crippen molar-refractivity contribution in [3.63, 3.8) is 0 Å². The number of nitrogens with one attached hydrogen (secondary N) is 1. The maximum atomic E-state index is 12.6. The zero-order valence-electron chi connectivity index (χ0n) is 10.8. The first-order valence-electron chi connectivity index (χ1n) is 6.26. The summed E-state index contributed by atoms with van der Waals surface area (Å²) in [5.74, 6) is 0.